The molecule has 0 fully saturated rings. The topological polar surface area (TPSA) is 71.8 Å². The average Bonchev–Trinajstić information content (AvgIpc) is 3.04. The Morgan fingerprint density at radius 3 is 2.64 bits per heavy atom. The highest BCUT2D eigenvalue weighted by atomic mass is 35.5. The minimum atomic E-state index is -1.15. The Morgan fingerprint density at radius 1 is 1.32 bits per heavy atom. The Kier molecular flexibility index (Phi) is 4.64. The maximum atomic E-state index is 14.5. The molecule has 130 valence electrons. The van der Waals surface area contributed by atoms with E-state index in [4.69, 9.17) is 28.9 Å². The molecule has 3 N–H and O–H groups in total. The molecule has 1 unspecified atom stereocenters. The number of aromatic nitrogens is 2. The summed E-state index contributed by atoms with van der Waals surface area (Å²) in [7, 11) is 0. The van der Waals surface area contributed by atoms with Crippen LogP contribution in [0, 0.1) is 0 Å². The maximum Gasteiger partial charge on any atom is 0.254 e. The number of aromatic amines is 1. The van der Waals surface area contributed by atoms with Crippen LogP contribution in [0.25, 0.3) is 0 Å². The van der Waals surface area contributed by atoms with Crippen LogP contribution in [0.5, 0.6) is 0 Å². The number of rotatable bonds is 4. The predicted molar refractivity (Wildman–Crippen MR) is 91.9 cm³/mol. The molecule has 25 heavy (non-hydrogen) atoms. The van der Waals surface area contributed by atoms with Gasteiger partial charge in [0.2, 0.25) is 5.82 Å². The van der Waals surface area contributed by atoms with E-state index < -0.39 is 23.1 Å². The van der Waals surface area contributed by atoms with Crippen molar-refractivity contribution in [2.24, 2.45) is 5.73 Å². The average molecular weight is 386 g/mol. The van der Waals surface area contributed by atoms with Gasteiger partial charge in [0.05, 0.1) is 11.2 Å². The van der Waals surface area contributed by atoms with Crippen LogP contribution in [-0.4, -0.2) is 22.6 Å². The van der Waals surface area contributed by atoms with Gasteiger partial charge in [-0.25, -0.2) is 18.4 Å². The molecule has 1 aliphatic heterocycles. The van der Waals surface area contributed by atoms with Gasteiger partial charge in [0.25, 0.3) is 5.91 Å². The number of hydrogen-bond donors (Lipinski definition) is 2. The number of quaternary nitrogens is 1. The Labute approximate surface area is 151 Å². The number of benzene rings is 1. The lowest BCUT2D eigenvalue weighted by atomic mass is 10.1. The zero-order chi connectivity index (χ0) is 18.2. The van der Waals surface area contributed by atoms with Gasteiger partial charge in [-0.2, -0.15) is 5.10 Å². The van der Waals surface area contributed by atoms with E-state index in [1.165, 1.54) is 6.20 Å². The lowest BCUT2D eigenvalue weighted by Gasteiger charge is -2.34. The van der Waals surface area contributed by atoms with E-state index in [-0.39, 0.29) is 17.6 Å². The summed E-state index contributed by atoms with van der Waals surface area (Å²) in [5.74, 6) is -2.69. The summed E-state index contributed by atoms with van der Waals surface area (Å²) in [5.41, 5.74) is 4.95. The first-order valence-corrected chi connectivity index (χ1v) is 7.96. The standard InChI is InChI=1S/C16H12Cl2F2N4O/c17-10-2-1-9(11(18)5-10)6-24(14-3-4-22-23-14)7-12(19)15(16(21)25)13(20)8-24/h1-5,7H,6,8H2,(H2-,21,22,23,25)/p+1. The second-order valence-corrected chi connectivity index (χ2v) is 6.49. The molecule has 2 heterocycles. The zero-order valence-corrected chi connectivity index (χ0v) is 14.3. The van der Waals surface area contributed by atoms with Crippen LogP contribution in [0.4, 0.5) is 14.6 Å². The van der Waals surface area contributed by atoms with Crippen LogP contribution < -0.4 is 10.2 Å². The van der Waals surface area contributed by atoms with Crippen LogP contribution in [0.1, 0.15) is 5.56 Å². The van der Waals surface area contributed by atoms with E-state index in [1.54, 1.807) is 24.3 Å². The monoisotopic (exact) mass is 385 g/mol. The van der Waals surface area contributed by atoms with Crippen LogP contribution in [-0.2, 0) is 11.3 Å². The highest BCUT2D eigenvalue weighted by Crippen LogP contribution is 2.36. The Morgan fingerprint density at radius 2 is 2.08 bits per heavy atom. The molecule has 1 aliphatic rings. The van der Waals surface area contributed by atoms with Crippen LogP contribution in [0.3, 0.4) is 0 Å². The summed E-state index contributed by atoms with van der Waals surface area (Å²) in [6.45, 7) is -0.197. The van der Waals surface area contributed by atoms with Crippen molar-refractivity contribution in [3.63, 3.8) is 0 Å². The molecule has 0 radical (unpaired) electrons. The molecule has 0 spiro atoms. The Balaban J connectivity index is 2.10. The summed E-state index contributed by atoms with van der Waals surface area (Å²) < 4.78 is 28.6. The van der Waals surface area contributed by atoms with Crippen LogP contribution in [0.15, 0.2) is 53.9 Å². The minimum Gasteiger partial charge on any atom is -0.365 e. The van der Waals surface area contributed by atoms with Crippen molar-refractivity contribution in [3.8, 4) is 0 Å². The second kappa shape index (κ2) is 6.59. The third kappa shape index (κ3) is 3.30. The first kappa shape index (κ1) is 17.6. The number of nitrogens with two attached hydrogens (primary N) is 1. The summed E-state index contributed by atoms with van der Waals surface area (Å²) in [5, 5.41) is 7.38. The molecule has 0 aliphatic carbocycles. The van der Waals surface area contributed by atoms with Gasteiger partial charge in [0, 0.05) is 16.7 Å². The zero-order valence-electron chi connectivity index (χ0n) is 12.8. The lowest BCUT2D eigenvalue weighted by molar-refractivity contribution is -0.114. The number of halogens is 4. The molecule has 0 saturated carbocycles. The molecule has 0 bridgehead atoms. The molecule has 1 aromatic heterocycles. The number of nitrogens with one attached hydrogen (secondary N) is 1. The fourth-order valence-electron chi connectivity index (χ4n) is 2.83. The molecule has 1 atom stereocenters. The number of primary amides is 1. The molecule has 5 nitrogen and oxygen atoms in total. The quantitative estimate of drug-likeness (QED) is 0.786. The SMILES string of the molecule is NC(=O)C1=C(F)C[N+](Cc2ccc(Cl)cc2Cl)(c2ccn[nH]2)C=C1F. The van der Waals surface area contributed by atoms with Gasteiger partial charge in [-0.05, 0) is 12.1 Å². The number of amides is 1. The Bertz CT molecular complexity index is 896. The number of hydrogen-bond acceptors (Lipinski definition) is 2. The van der Waals surface area contributed by atoms with Gasteiger partial charge in [0.1, 0.15) is 24.9 Å². The van der Waals surface area contributed by atoms with Crippen LogP contribution in [0.2, 0.25) is 10.0 Å². The number of H-pyrrole nitrogens is 1. The molecule has 9 heteroatoms. The highest BCUT2D eigenvalue weighted by Gasteiger charge is 2.40. The number of carbonyl (C=O) groups excluding carboxylic acids is 1. The molecule has 1 aromatic carbocycles. The summed E-state index contributed by atoms with van der Waals surface area (Å²) in [4.78, 5) is 11.3. The van der Waals surface area contributed by atoms with Crippen molar-refractivity contribution >= 4 is 34.9 Å². The van der Waals surface area contributed by atoms with Crippen LogP contribution >= 0.6 is 23.2 Å². The summed E-state index contributed by atoms with van der Waals surface area (Å²) >= 11 is 12.1. The van der Waals surface area contributed by atoms with E-state index in [0.717, 1.165) is 6.20 Å². The van der Waals surface area contributed by atoms with E-state index >= 15 is 0 Å². The third-order valence-electron chi connectivity index (χ3n) is 3.97. The normalized spacial score (nSPS) is 20.6. The largest absolute Gasteiger partial charge is 0.365 e. The fraction of sp³-hybridized carbons (Fsp3) is 0.125. The highest BCUT2D eigenvalue weighted by molar-refractivity contribution is 6.35. The smallest absolute Gasteiger partial charge is 0.254 e. The molecular formula is C16H13Cl2F2N4O+. The van der Waals surface area contributed by atoms with E-state index in [9.17, 15) is 13.6 Å². The van der Waals surface area contributed by atoms with E-state index in [2.05, 4.69) is 10.2 Å². The second-order valence-electron chi connectivity index (χ2n) is 5.65. The van der Waals surface area contributed by atoms with Gasteiger partial charge in [0.15, 0.2) is 11.7 Å². The molecule has 1 amide bonds. The third-order valence-corrected chi connectivity index (χ3v) is 4.56. The van der Waals surface area contributed by atoms with Gasteiger partial charge >= 0.3 is 0 Å². The first-order chi connectivity index (χ1) is 11.8. The number of carbonyl (C=O) groups is 1. The van der Waals surface area contributed by atoms with Crippen molar-refractivity contribution in [2.75, 3.05) is 6.54 Å². The van der Waals surface area contributed by atoms with Crippen molar-refractivity contribution in [1.82, 2.24) is 14.7 Å². The van der Waals surface area contributed by atoms with Crippen molar-refractivity contribution in [3.05, 3.63) is 69.5 Å². The summed E-state index contributed by atoms with van der Waals surface area (Å²) in [6.07, 6.45) is 2.59. The van der Waals surface area contributed by atoms with Gasteiger partial charge < -0.3 is 5.73 Å². The molecule has 3 rings (SSSR count). The molecule has 0 saturated heterocycles. The maximum absolute atomic E-state index is 14.5. The lowest BCUT2D eigenvalue weighted by Crippen LogP contribution is -2.47. The van der Waals surface area contributed by atoms with Crippen molar-refractivity contribution < 1.29 is 13.6 Å². The predicted octanol–water partition coefficient (Wildman–Crippen LogP) is 3.76. The van der Waals surface area contributed by atoms with Crippen molar-refractivity contribution in [1.29, 1.82) is 0 Å². The van der Waals surface area contributed by atoms with Gasteiger partial charge in [-0.3, -0.25) is 4.79 Å². The van der Waals surface area contributed by atoms with Gasteiger partial charge in [-0.1, -0.05) is 29.3 Å². The van der Waals surface area contributed by atoms with Gasteiger partial charge in [-0.15, -0.1) is 0 Å². The Hall–Kier alpha value is -2.22. The summed E-state index contributed by atoms with van der Waals surface area (Å²) in [6, 6.07) is 6.46. The molecular weight excluding hydrogens is 373 g/mol. The minimum absolute atomic E-state index is 0.116. The molecule has 2 aromatic rings. The first-order valence-electron chi connectivity index (χ1n) is 7.20. The van der Waals surface area contributed by atoms with E-state index in [1.807, 2.05) is 0 Å². The van der Waals surface area contributed by atoms with E-state index in [0.29, 0.717) is 21.4 Å². The fourth-order valence-corrected chi connectivity index (χ4v) is 3.30. The number of nitrogens with zero attached hydrogens (tertiary/aromatic N) is 2. The van der Waals surface area contributed by atoms with Crippen molar-refractivity contribution in [2.45, 2.75) is 6.54 Å².